The fourth-order valence-electron chi connectivity index (χ4n) is 2.03. The third-order valence-electron chi connectivity index (χ3n) is 2.93. The number of phenols is 1. The first-order valence-electron chi connectivity index (χ1n) is 6.09. The molecular weight excluding hydrogens is 230 g/mol. The van der Waals surface area contributed by atoms with Crippen LogP contribution >= 0.6 is 0 Å². The van der Waals surface area contributed by atoms with Gasteiger partial charge in [-0.2, -0.15) is 0 Å². The Bertz CT molecular complexity index is 406. The average molecular weight is 251 g/mol. The number of aryl methyl sites for hydroxylation is 2. The molecule has 0 aliphatic rings. The van der Waals surface area contributed by atoms with Crippen molar-refractivity contribution < 1.29 is 15.0 Å². The van der Waals surface area contributed by atoms with Gasteiger partial charge in [0.25, 0.3) is 0 Å². The Balaban J connectivity index is 2.54. The molecule has 1 aromatic carbocycles. The highest BCUT2D eigenvalue weighted by molar-refractivity contribution is 5.66. The molecule has 0 amide bonds. The summed E-state index contributed by atoms with van der Waals surface area (Å²) in [6.07, 6.45) is 0.861. The van der Waals surface area contributed by atoms with Crippen LogP contribution in [0.15, 0.2) is 12.1 Å². The molecule has 0 fully saturated rings. The molecule has 100 valence electrons. The molecule has 0 spiro atoms. The standard InChI is InChI=1S/C14H21NO3/c1-10-7-12(8-11(2)14(10)18)9-15(3)6-4-5-13(16)17/h7-8,18H,4-6,9H2,1-3H3,(H,16,17). The van der Waals surface area contributed by atoms with Gasteiger partial charge in [-0.1, -0.05) is 12.1 Å². The number of hydrogen-bond donors (Lipinski definition) is 2. The van der Waals surface area contributed by atoms with Gasteiger partial charge in [0, 0.05) is 13.0 Å². The lowest BCUT2D eigenvalue weighted by Crippen LogP contribution is -2.20. The molecule has 1 aromatic rings. The highest BCUT2D eigenvalue weighted by atomic mass is 16.4. The van der Waals surface area contributed by atoms with Gasteiger partial charge in [0.05, 0.1) is 0 Å². The van der Waals surface area contributed by atoms with Crippen LogP contribution in [-0.4, -0.2) is 34.7 Å². The van der Waals surface area contributed by atoms with E-state index in [0.717, 1.165) is 29.8 Å². The van der Waals surface area contributed by atoms with E-state index < -0.39 is 5.97 Å². The minimum atomic E-state index is -0.750. The molecule has 0 aromatic heterocycles. The van der Waals surface area contributed by atoms with Crippen LogP contribution in [-0.2, 0) is 11.3 Å². The van der Waals surface area contributed by atoms with Crippen LogP contribution in [0.5, 0.6) is 5.75 Å². The maximum Gasteiger partial charge on any atom is 0.303 e. The molecule has 4 heteroatoms. The van der Waals surface area contributed by atoms with Crippen molar-refractivity contribution in [2.45, 2.75) is 33.2 Å². The van der Waals surface area contributed by atoms with Crippen molar-refractivity contribution in [3.63, 3.8) is 0 Å². The molecular formula is C14H21NO3. The van der Waals surface area contributed by atoms with Gasteiger partial charge >= 0.3 is 5.97 Å². The SMILES string of the molecule is Cc1cc(CN(C)CCCC(=O)O)cc(C)c1O. The summed E-state index contributed by atoms with van der Waals surface area (Å²) in [5.41, 5.74) is 2.90. The fourth-order valence-corrected chi connectivity index (χ4v) is 2.03. The van der Waals surface area contributed by atoms with Crippen LogP contribution in [0, 0.1) is 13.8 Å². The van der Waals surface area contributed by atoms with E-state index in [4.69, 9.17) is 5.11 Å². The van der Waals surface area contributed by atoms with Crippen molar-refractivity contribution >= 4 is 5.97 Å². The topological polar surface area (TPSA) is 60.8 Å². The molecule has 2 N–H and O–H groups in total. The monoisotopic (exact) mass is 251 g/mol. The lowest BCUT2D eigenvalue weighted by atomic mass is 10.1. The highest BCUT2D eigenvalue weighted by Crippen LogP contribution is 2.23. The predicted molar refractivity (Wildman–Crippen MR) is 70.8 cm³/mol. The van der Waals surface area contributed by atoms with Crippen molar-refractivity contribution in [1.29, 1.82) is 0 Å². The molecule has 0 aliphatic heterocycles. The number of aliphatic carboxylic acids is 1. The summed E-state index contributed by atoms with van der Waals surface area (Å²) < 4.78 is 0. The van der Waals surface area contributed by atoms with Gasteiger partial charge in [-0.3, -0.25) is 4.79 Å². The van der Waals surface area contributed by atoms with Gasteiger partial charge in [-0.25, -0.2) is 0 Å². The van der Waals surface area contributed by atoms with Gasteiger partial charge in [-0.05, 0) is 50.6 Å². The Morgan fingerprint density at radius 3 is 2.33 bits per heavy atom. The second-order valence-corrected chi connectivity index (χ2v) is 4.81. The van der Waals surface area contributed by atoms with Gasteiger partial charge in [0.2, 0.25) is 0 Å². The number of benzene rings is 1. The van der Waals surface area contributed by atoms with E-state index in [1.54, 1.807) is 0 Å². The van der Waals surface area contributed by atoms with E-state index in [-0.39, 0.29) is 6.42 Å². The first kappa shape index (κ1) is 14.5. The van der Waals surface area contributed by atoms with Crippen LogP contribution < -0.4 is 0 Å². The maximum absolute atomic E-state index is 10.4. The van der Waals surface area contributed by atoms with E-state index in [2.05, 4.69) is 4.90 Å². The second-order valence-electron chi connectivity index (χ2n) is 4.81. The Labute approximate surface area is 108 Å². The molecule has 0 unspecified atom stereocenters. The van der Waals surface area contributed by atoms with E-state index in [9.17, 15) is 9.90 Å². The minimum absolute atomic E-state index is 0.206. The Morgan fingerprint density at radius 2 is 1.83 bits per heavy atom. The zero-order valence-corrected chi connectivity index (χ0v) is 11.2. The summed E-state index contributed by atoms with van der Waals surface area (Å²) in [7, 11) is 1.97. The summed E-state index contributed by atoms with van der Waals surface area (Å²) in [6.45, 7) is 5.29. The van der Waals surface area contributed by atoms with Gasteiger partial charge in [0.1, 0.15) is 5.75 Å². The molecule has 4 nitrogen and oxygen atoms in total. The normalized spacial score (nSPS) is 10.9. The largest absolute Gasteiger partial charge is 0.507 e. The van der Waals surface area contributed by atoms with Crippen LogP contribution in [0.4, 0.5) is 0 Å². The summed E-state index contributed by atoms with van der Waals surface area (Å²) >= 11 is 0. The summed E-state index contributed by atoms with van der Waals surface area (Å²) in [5.74, 6) is -0.396. The average Bonchev–Trinajstić information content (AvgIpc) is 2.25. The number of carboxylic acids is 1. The molecule has 0 aliphatic carbocycles. The molecule has 1 rings (SSSR count). The van der Waals surface area contributed by atoms with Gasteiger partial charge in [-0.15, -0.1) is 0 Å². The smallest absolute Gasteiger partial charge is 0.303 e. The van der Waals surface area contributed by atoms with Crippen molar-refractivity contribution in [1.82, 2.24) is 4.90 Å². The number of aromatic hydroxyl groups is 1. The fraction of sp³-hybridized carbons (Fsp3) is 0.500. The third kappa shape index (κ3) is 4.37. The summed E-state index contributed by atoms with van der Waals surface area (Å²) in [5, 5.41) is 18.3. The third-order valence-corrected chi connectivity index (χ3v) is 2.93. The van der Waals surface area contributed by atoms with Crippen LogP contribution in [0.25, 0.3) is 0 Å². The lowest BCUT2D eigenvalue weighted by molar-refractivity contribution is -0.137. The van der Waals surface area contributed by atoms with E-state index >= 15 is 0 Å². The summed E-state index contributed by atoms with van der Waals surface area (Å²) in [6, 6.07) is 3.94. The molecule has 0 saturated carbocycles. The number of nitrogens with zero attached hydrogens (tertiary/aromatic N) is 1. The highest BCUT2D eigenvalue weighted by Gasteiger charge is 2.06. The van der Waals surface area contributed by atoms with Gasteiger partial charge < -0.3 is 15.1 Å². The zero-order valence-electron chi connectivity index (χ0n) is 11.2. The van der Waals surface area contributed by atoms with Crippen molar-refractivity contribution in [3.05, 3.63) is 28.8 Å². The first-order valence-corrected chi connectivity index (χ1v) is 6.09. The van der Waals surface area contributed by atoms with Crippen molar-refractivity contribution in [3.8, 4) is 5.75 Å². The minimum Gasteiger partial charge on any atom is -0.507 e. The lowest BCUT2D eigenvalue weighted by Gasteiger charge is -2.17. The summed E-state index contributed by atoms with van der Waals surface area (Å²) in [4.78, 5) is 12.5. The van der Waals surface area contributed by atoms with Crippen molar-refractivity contribution in [2.24, 2.45) is 0 Å². The van der Waals surface area contributed by atoms with Crippen molar-refractivity contribution in [2.75, 3.05) is 13.6 Å². The Hall–Kier alpha value is -1.55. The van der Waals surface area contributed by atoms with Crippen LogP contribution in [0.1, 0.15) is 29.5 Å². The molecule has 0 radical (unpaired) electrons. The molecule has 0 atom stereocenters. The van der Waals surface area contributed by atoms with E-state index in [1.807, 2.05) is 33.0 Å². The molecule has 0 saturated heterocycles. The maximum atomic E-state index is 10.4. The van der Waals surface area contributed by atoms with Gasteiger partial charge in [0.15, 0.2) is 0 Å². The number of phenolic OH excluding ortho intramolecular Hbond substituents is 1. The van der Waals surface area contributed by atoms with Crippen LogP contribution in [0.2, 0.25) is 0 Å². The second kappa shape index (κ2) is 6.40. The molecule has 0 heterocycles. The Kier molecular flexibility index (Phi) is 5.16. The number of carbonyl (C=O) groups is 1. The van der Waals surface area contributed by atoms with E-state index in [0.29, 0.717) is 12.2 Å². The predicted octanol–water partition coefficient (Wildman–Crippen LogP) is 2.31. The first-order chi connectivity index (χ1) is 8.40. The number of rotatable bonds is 6. The number of hydrogen-bond acceptors (Lipinski definition) is 3. The van der Waals surface area contributed by atoms with Crippen LogP contribution in [0.3, 0.4) is 0 Å². The quantitative estimate of drug-likeness (QED) is 0.814. The number of carboxylic acid groups (broad SMARTS) is 1. The van der Waals surface area contributed by atoms with E-state index in [1.165, 1.54) is 0 Å². The Morgan fingerprint density at radius 1 is 1.28 bits per heavy atom. The molecule has 0 bridgehead atoms. The zero-order chi connectivity index (χ0) is 13.7. The molecule has 18 heavy (non-hydrogen) atoms.